The van der Waals surface area contributed by atoms with Gasteiger partial charge in [0.1, 0.15) is 12.1 Å². The number of aliphatic carboxylic acids is 2. The molecule has 0 aliphatic rings. The summed E-state index contributed by atoms with van der Waals surface area (Å²) in [7, 11) is 0. The Morgan fingerprint density at radius 1 is 1.00 bits per heavy atom. The summed E-state index contributed by atoms with van der Waals surface area (Å²) in [6.45, 7) is 0.284. The molecule has 1 aromatic carbocycles. The van der Waals surface area contributed by atoms with Gasteiger partial charge in [-0.3, -0.25) is 19.4 Å². The number of carboxylic acids is 2. The first-order valence-corrected chi connectivity index (χ1v) is 11.0. The number of H-pyrrole nitrogens is 1. The van der Waals surface area contributed by atoms with Gasteiger partial charge in [-0.25, -0.2) is 4.79 Å². The van der Waals surface area contributed by atoms with E-state index in [0.29, 0.717) is 6.42 Å². The van der Waals surface area contributed by atoms with Gasteiger partial charge in [0.15, 0.2) is 5.96 Å². The van der Waals surface area contributed by atoms with Crippen LogP contribution in [-0.2, 0) is 25.6 Å². The molecule has 2 amide bonds. The highest BCUT2D eigenvalue weighted by molar-refractivity contribution is 5.93. The van der Waals surface area contributed by atoms with Gasteiger partial charge in [0, 0.05) is 36.5 Å². The highest BCUT2D eigenvalue weighted by atomic mass is 16.4. The molecule has 13 heteroatoms. The van der Waals surface area contributed by atoms with Crippen molar-refractivity contribution in [2.24, 2.45) is 22.2 Å². The van der Waals surface area contributed by atoms with Crippen LogP contribution >= 0.6 is 0 Å². The van der Waals surface area contributed by atoms with Crippen LogP contribution < -0.4 is 27.8 Å². The maximum absolute atomic E-state index is 13.0. The first-order valence-electron chi connectivity index (χ1n) is 11.0. The lowest BCUT2D eigenvalue weighted by Crippen LogP contribution is -2.55. The van der Waals surface area contributed by atoms with Crippen molar-refractivity contribution >= 4 is 40.6 Å². The zero-order chi connectivity index (χ0) is 26.0. The Bertz CT molecular complexity index is 1080. The van der Waals surface area contributed by atoms with Crippen LogP contribution in [0.5, 0.6) is 0 Å². The van der Waals surface area contributed by atoms with Crippen LogP contribution in [0.3, 0.4) is 0 Å². The van der Waals surface area contributed by atoms with Crippen molar-refractivity contribution in [1.29, 1.82) is 0 Å². The van der Waals surface area contributed by atoms with Crippen molar-refractivity contribution in [2.75, 3.05) is 6.54 Å². The molecule has 11 N–H and O–H groups in total. The second kappa shape index (κ2) is 12.9. The largest absolute Gasteiger partial charge is 0.481 e. The fourth-order valence-electron chi connectivity index (χ4n) is 3.46. The standard InChI is InChI=1S/C22H31N7O6/c23-14(5-3-9-26-22(24)25)19(32)29-17(10-12-11-27-15-6-2-1-4-13(12)15)20(33)28-16(21(34)35)7-8-18(30)31/h1-2,4,6,11,14,16-17,27H,3,5,7-10,23H2,(H,28,33)(H,29,32)(H,30,31)(H,34,35)(H4,24,25,26)/t14-,16-,17-/m0/s1. The molecule has 0 spiro atoms. The molecule has 2 aromatic rings. The summed E-state index contributed by atoms with van der Waals surface area (Å²) in [6, 6.07) is 3.82. The molecular formula is C22H31N7O6. The number of carbonyl (C=O) groups is 4. The Kier molecular flexibility index (Phi) is 10.0. The summed E-state index contributed by atoms with van der Waals surface area (Å²) in [6.07, 6.45) is 1.67. The number of rotatable bonds is 14. The van der Waals surface area contributed by atoms with Crippen molar-refractivity contribution < 1.29 is 29.4 Å². The fraction of sp³-hybridized carbons (Fsp3) is 0.409. The highest BCUT2D eigenvalue weighted by Crippen LogP contribution is 2.19. The second-order valence-electron chi connectivity index (χ2n) is 8.01. The quantitative estimate of drug-likeness (QED) is 0.0921. The number of guanidine groups is 1. The number of hydrogen-bond acceptors (Lipinski definition) is 6. The summed E-state index contributed by atoms with van der Waals surface area (Å²) < 4.78 is 0. The third kappa shape index (κ3) is 8.62. The summed E-state index contributed by atoms with van der Waals surface area (Å²) in [4.78, 5) is 55.0. The van der Waals surface area contributed by atoms with Crippen molar-refractivity contribution in [3.63, 3.8) is 0 Å². The predicted octanol–water partition coefficient (Wildman–Crippen LogP) is -0.990. The van der Waals surface area contributed by atoms with Gasteiger partial charge in [-0.1, -0.05) is 18.2 Å². The maximum Gasteiger partial charge on any atom is 0.326 e. The SMILES string of the molecule is NC(N)=NCCC[C@H](N)C(=O)N[C@@H](Cc1c[nH]c2ccccc12)C(=O)N[C@@H](CCC(=O)O)C(=O)O. The van der Waals surface area contributed by atoms with Gasteiger partial charge in [-0.05, 0) is 30.9 Å². The number of benzene rings is 1. The number of para-hydroxylation sites is 1. The average Bonchev–Trinajstić information content (AvgIpc) is 3.21. The van der Waals surface area contributed by atoms with Crippen molar-refractivity contribution in [3.05, 3.63) is 36.0 Å². The van der Waals surface area contributed by atoms with E-state index in [1.807, 2.05) is 24.3 Å². The number of carbonyl (C=O) groups excluding carboxylic acids is 2. The Hall–Kier alpha value is -4.13. The van der Waals surface area contributed by atoms with Gasteiger partial charge < -0.3 is 43.0 Å². The van der Waals surface area contributed by atoms with Gasteiger partial charge in [0.2, 0.25) is 11.8 Å². The van der Waals surface area contributed by atoms with E-state index < -0.39 is 48.3 Å². The molecule has 2 rings (SSSR count). The zero-order valence-corrected chi connectivity index (χ0v) is 19.1. The minimum absolute atomic E-state index is 0.0492. The number of nitrogens with zero attached hydrogens (tertiary/aromatic N) is 1. The van der Waals surface area contributed by atoms with E-state index in [9.17, 15) is 24.3 Å². The number of aliphatic imine (C=N–C) groups is 1. The Balaban J connectivity index is 2.17. The molecule has 0 aliphatic heterocycles. The number of amides is 2. The van der Waals surface area contributed by atoms with E-state index in [-0.39, 0.29) is 31.8 Å². The normalized spacial score (nSPS) is 13.4. The first-order chi connectivity index (χ1) is 16.6. The van der Waals surface area contributed by atoms with Crippen LogP contribution in [0.4, 0.5) is 0 Å². The number of hydrogen-bond donors (Lipinski definition) is 8. The monoisotopic (exact) mass is 489 g/mol. The molecular weight excluding hydrogens is 458 g/mol. The number of nitrogens with one attached hydrogen (secondary N) is 3. The van der Waals surface area contributed by atoms with Crippen LogP contribution in [0.25, 0.3) is 10.9 Å². The number of aromatic amines is 1. The molecule has 35 heavy (non-hydrogen) atoms. The average molecular weight is 490 g/mol. The number of aromatic nitrogens is 1. The van der Waals surface area contributed by atoms with E-state index in [2.05, 4.69) is 20.6 Å². The van der Waals surface area contributed by atoms with Gasteiger partial charge in [0.05, 0.1) is 6.04 Å². The summed E-state index contributed by atoms with van der Waals surface area (Å²) in [5.74, 6) is -4.02. The van der Waals surface area contributed by atoms with Gasteiger partial charge in [0.25, 0.3) is 0 Å². The summed E-state index contributed by atoms with van der Waals surface area (Å²) >= 11 is 0. The first kappa shape index (κ1) is 27.1. The molecule has 0 unspecified atom stereocenters. The minimum Gasteiger partial charge on any atom is -0.481 e. The van der Waals surface area contributed by atoms with Crippen LogP contribution in [0, 0.1) is 0 Å². The molecule has 0 saturated carbocycles. The fourth-order valence-corrected chi connectivity index (χ4v) is 3.46. The van der Waals surface area contributed by atoms with Crippen LogP contribution in [0.2, 0.25) is 0 Å². The molecule has 190 valence electrons. The number of carboxylic acid groups (broad SMARTS) is 2. The predicted molar refractivity (Wildman–Crippen MR) is 128 cm³/mol. The van der Waals surface area contributed by atoms with Gasteiger partial charge in [-0.15, -0.1) is 0 Å². The third-order valence-corrected chi connectivity index (χ3v) is 5.30. The zero-order valence-electron chi connectivity index (χ0n) is 19.1. The molecule has 0 aliphatic carbocycles. The van der Waals surface area contributed by atoms with Crippen LogP contribution in [0.15, 0.2) is 35.5 Å². The molecule has 0 fully saturated rings. The van der Waals surface area contributed by atoms with E-state index in [0.717, 1.165) is 16.5 Å². The van der Waals surface area contributed by atoms with Crippen LogP contribution in [-0.4, -0.2) is 69.6 Å². The Morgan fingerprint density at radius 2 is 1.69 bits per heavy atom. The van der Waals surface area contributed by atoms with Crippen molar-refractivity contribution in [3.8, 4) is 0 Å². The van der Waals surface area contributed by atoms with Crippen molar-refractivity contribution in [2.45, 2.75) is 50.2 Å². The molecule has 13 nitrogen and oxygen atoms in total. The molecule has 0 bridgehead atoms. The lowest BCUT2D eigenvalue weighted by atomic mass is 10.0. The maximum atomic E-state index is 13.0. The highest BCUT2D eigenvalue weighted by Gasteiger charge is 2.29. The molecule has 3 atom stereocenters. The minimum atomic E-state index is -1.44. The number of fused-ring (bicyclic) bond motifs is 1. The molecule has 1 aromatic heterocycles. The Labute approximate surface area is 201 Å². The van der Waals surface area contributed by atoms with E-state index in [4.69, 9.17) is 22.3 Å². The Morgan fingerprint density at radius 3 is 2.34 bits per heavy atom. The third-order valence-electron chi connectivity index (χ3n) is 5.30. The lowest BCUT2D eigenvalue weighted by Gasteiger charge is -2.23. The topological polar surface area (TPSA) is 239 Å². The van der Waals surface area contributed by atoms with E-state index in [1.54, 1.807) is 6.20 Å². The molecule has 0 radical (unpaired) electrons. The summed E-state index contributed by atoms with van der Waals surface area (Å²) in [5, 5.41) is 24.0. The molecule has 0 saturated heterocycles. The van der Waals surface area contributed by atoms with Gasteiger partial charge in [-0.2, -0.15) is 0 Å². The van der Waals surface area contributed by atoms with Crippen LogP contribution in [0.1, 0.15) is 31.2 Å². The smallest absolute Gasteiger partial charge is 0.326 e. The summed E-state index contributed by atoms with van der Waals surface area (Å²) in [5.41, 5.74) is 18.0. The second-order valence-corrected chi connectivity index (χ2v) is 8.01. The van der Waals surface area contributed by atoms with E-state index in [1.165, 1.54) is 0 Å². The van der Waals surface area contributed by atoms with Crippen molar-refractivity contribution in [1.82, 2.24) is 15.6 Å². The lowest BCUT2D eigenvalue weighted by molar-refractivity contribution is -0.143. The van der Waals surface area contributed by atoms with E-state index >= 15 is 0 Å². The molecule has 1 heterocycles. The number of nitrogens with two attached hydrogens (primary N) is 3. The van der Waals surface area contributed by atoms with Gasteiger partial charge >= 0.3 is 11.9 Å².